The Morgan fingerprint density at radius 2 is 2.10 bits per heavy atom. The highest BCUT2D eigenvalue weighted by Gasteiger charge is 2.16. The average Bonchev–Trinajstić information content (AvgIpc) is 2.73. The van der Waals surface area contributed by atoms with Crippen LogP contribution in [0.15, 0.2) is 35.5 Å². The first-order valence-corrected chi connectivity index (χ1v) is 7.72. The van der Waals surface area contributed by atoms with Crippen molar-refractivity contribution in [3.8, 4) is 0 Å². The van der Waals surface area contributed by atoms with Gasteiger partial charge in [-0.05, 0) is 30.2 Å². The lowest BCUT2D eigenvalue weighted by Crippen LogP contribution is -2.09. The molecule has 0 aliphatic carbocycles. The average molecular weight is 294 g/mol. The lowest BCUT2D eigenvalue weighted by molar-refractivity contribution is 0.0695. The summed E-state index contributed by atoms with van der Waals surface area (Å²) in [4.78, 5) is 11.3. The van der Waals surface area contributed by atoms with Crippen LogP contribution in [-0.4, -0.2) is 35.5 Å². The molecule has 106 valence electrons. The second-order valence-corrected chi connectivity index (χ2v) is 6.63. The van der Waals surface area contributed by atoms with Crippen LogP contribution in [0.1, 0.15) is 21.5 Å². The third kappa shape index (κ3) is 3.05. The minimum Gasteiger partial charge on any atom is -0.478 e. The van der Waals surface area contributed by atoms with Gasteiger partial charge in [0.05, 0.1) is 23.2 Å². The van der Waals surface area contributed by atoms with Gasteiger partial charge >= 0.3 is 5.97 Å². The van der Waals surface area contributed by atoms with Crippen LogP contribution in [-0.2, 0) is 16.4 Å². The summed E-state index contributed by atoms with van der Waals surface area (Å²) in [5.41, 5.74) is 1.45. The SMILES string of the molecule is Cc1cnn(Cc2ccc(S(C)(=O)=O)cc2C(=O)O)c1. The van der Waals surface area contributed by atoms with Crippen molar-refractivity contribution >= 4 is 15.8 Å². The Labute approximate surface area is 116 Å². The molecule has 0 saturated heterocycles. The first kappa shape index (κ1) is 14.3. The van der Waals surface area contributed by atoms with Crippen molar-refractivity contribution < 1.29 is 18.3 Å². The van der Waals surface area contributed by atoms with Crippen molar-refractivity contribution in [3.63, 3.8) is 0 Å². The van der Waals surface area contributed by atoms with Gasteiger partial charge in [-0.2, -0.15) is 5.10 Å². The standard InChI is InChI=1S/C13H14N2O4S/c1-9-6-14-15(7-9)8-10-3-4-11(20(2,18)19)5-12(10)13(16)17/h3-7H,8H2,1-2H3,(H,16,17). The normalized spacial score (nSPS) is 11.5. The summed E-state index contributed by atoms with van der Waals surface area (Å²) in [6.45, 7) is 2.16. The number of sulfone groups is 1. The van der Waals surface area contributed by atoms with Crippen LogP contribution >= 0.6 is 0 Å². The number of carboxylic acid groups (broad SMARTS) is 1. The summed E-state index contributed by atoms with van der Waals surface area (Å²) in [7, 11) is -3.43. The van der Waals surface area contributed by atoms with Crippen LogP contribution in [0.25, 0.3) is 0 Å². The lowest BCUT2D eigenvalue weighted by Gasteiger charge is -2.08. The highest BCUT2D eigenvalue weighted by atomic mass is 32.2. The summed E-state index contributed by atoms with van der Waals surface area (Å²) in [5.74, 6) is -1.16. The van der Waals surface area contributed by atoms with E-state index in [2.05, 4.69) is 5.10 Å². The van der Waals surface area contributed by atoms with Gasteiger partial charge in [0.1, 0.15) is 0 Å². The first-order chi connectivity index (χ1) is 9.27. The van der Waals surface area contributed by atoms with E-state index < -0.39 is 15.8 Å². The Morgan fingerprint density at radius 3 is 2.60 bits per heavy atom. The van der Waals surface area contributed by atoms with Crippen molar-refractivity contribution in [2.75, 3.05) is 6.26 Å². The van der Waals surface area contributed by atoms with E-state index in [1.807, 2.05) is 6.92 Å². The monoisotopic (exact) mass is 294 g/mol. The summed E-state index contributed by atoms with van der Waals surface area (Å²) < 4.78 is 24.5. The Kier molecular flexibility index (Phi) is 3.63. The largest absolute Gasteiger partial charge is 0.478 e. The number of hydrogen-bond acceptors (Lipinski definition) is 4. The molecule has 0 bridgehead atoms. The number of carboxylic acids is 1. The maximum Gasteiger partial charge on any atom is 0.336 e. The maximum atomic E-state index is 11.5. The Morgan fingerprint density at radius 1 is 1.40 bits per heavy atom. The molecule has 0 amide bonds. The summed E-state index contributed by atoms with van der Waals surface area (Å²) in [6.07, 6.45) is 4.51. The van der Waals surface area contributed by atoms with Crippen molar-refractivity contribution in [2.45, 2.75) is 18.4 Å². The van der Waals surface area contributed by atoms with Crippen LogP contribution in [0.4, 0.5) is 0 Å². The van der Waals surface area contributed by atoms with Crippen molar-refractivity contribution in [3.05, 3.63) is 47.3 Å². The van der Waals surface area contributed by atoms with Gasteiger partial charge in [-0.25, -0.2) is 13.2 Å². The molecule has 6 nitrogen and oxygen atoms in total. The van der Waals surface area contributed by atoms with Crippen LogP contribution in [0.5, 0.6) is 0 Å². The van der Waals surface area contributed by atoms with Gasteiger partial charge < -0.3 is 5.11 Å². The molecule has 0 unspecified atom stereocenters. The molecule has 0 radical (unpaired) electrons. The second kappa shape index (κ2) is 5.09. The number of aromatic nitrogens is 2. The molecule has 2 aromatic rings. The van der Waals surface area contributed by atoms with Gasteiger partial charge in [0, 0.05) is 12.5 Å². The molecule has 1 heterocycles. The van der Waals surface area contributed by atoms with E-state index in [0.29, 0.717) is 5.56 Å². The number of aromatic carboxylic acids is 1. The fourth-order valence-electron chi connectivity index (χ4n) is 1.85. The van der Waals surface area contributed by atoms with Crippen molar-refractivity contribution in [2.24, 2.45) is 0 Å². The summed E-state index contributed by atoms with van der Waals surface area (Å²) in [6, 6.07) is 4.10. The van der Waals surface area contributed by atoms with Crippen molar-refractivity contribution in [1.29, 1.82) is 0 Å². The van der Waals surface area contributed by atoms with Gasteiger partial charge in [0.25, 0.3) is 0 Å². The number of hydrogen-bond donors (Lipinski definition) is 1. The van der Waals surface area contributed by atoms with Gasteiger partial charge in [-0.1, -0.05) is 6.07 Å². The number of aryl methyl sites for hydroxylation is 1. The van der Waals surface area contributed by atoms with E-state index >= 15 is 0 Å². The predicted octanol–water partition coefficient (Wildman–Crippen LogP) is 1.34. The van der Waals surface area contributed by atoms with Crippen LogP contribution in [0, 0.1) is 6.92 Å². The predicted molar refractivity (Wildman–Crippen MR) is 72.6 cm³/mol. The topological polar surface area (TPSA) is 89.3 Å². The van der Waals surface area contributed by atoms with Crippen molar-refractivity contribution in [1.82, 2.24) is 9.78 Å². The molecule has 7 heteroatoms. The minimum atomic E-state index is -3.43. The van der Waals surface area contributed by atoms with E-state index in [4.69, 9.17) is 0 Å². The Bertz CT molecular complexity index is 762. The molecule has 0 spiro atoms. The molecule has 1 aromatic heterocycles. The fourth-order valence-corrected chi connectivity index (χ4v) is 2.50. The van der Waals surface area contributed by atoms with Crippen LogP contribution in [0.3, 0.4) is 0 Å². The molecule has 20 heavy (non-hydrogen) atoms. The van der Waals surface area contributed by atoms with E-state index in [1.165, 1.54) is 18.2 Å². The zero-order valence-corrected chi connectivity index (χ0v) is 11.9. The molecule has 0 saturated carbocycles. The molecule has 0 aliphatic heterocycles. The highest BCUT2D eigenvalue weighted by molar-refractivity contribution is 7.90. The number of nitrogens with zero attached hydrogens (tertiary/aromatic N) is 2. The maximum absolute atomic E-state index is 11.5. The molecular weight excluding hydrogens is 280 g/mol. The molecule has 2 rings (SSSR count). The van der Waals surface area contributed by atoms with E-state index in [-0.39, 0.29) is 17.0 Å². The summed E-state index contributed by atoms with van der Waals surface area (Å²) >= 11 is 0. The molecule has 1 N–H and O–H groups in total. The zero-order valence-electron chi connectivity index (χ0n) is 11.1. The second-order valence-electron chi connectivity index (χ2n) is 4.61. The van der Waals surface area contributed by atoms with Crippen LogP contribution in [0.2, 0.25) is 0 Å². The number of carbonyl (C=O) groups is 1. The Balaban J connectivity index is 2.45. The fraction of sp³-hybridized carbons (Fsp3) is 0.231. The molecule has 0 fully saturated rings. The number of benzene rings is 1. The van der Waals surface area contributed by atoms with E-state index in [0.717, 1.165) is 11.8 Å². The van der Waals surface area contributed by atoms with Gasteiger partial charge in [-0.15, -0.1) is 0 Å². The minimum absolute atomic E-state index is 0.00436. The molecular formula is C13H14N2O4S. The smallest absolute Gasteiger partial charge is 0.336 e. The van der Waals surface area contributed by atoms with E-state index in [1.54, 1.807) is 17.1 Å². The van der Waals surface area contributed by atoms with Gasteiger partial charge in [-0.3, -0.25) is 4.68 Å². The van der Waals surface area contributed by atoms with Gasteiger partial charge in [0.2, 0.25) is 0 Å². The third-order valence-electron chi connectivity index (χ3n) is 2.83. The molecule has 1 aromatic carbocycles. The number of rotatable bonds is 4. The quantitative estimate of drug-likeness (QED) is 0.919. The highest BCUT2D eigenvalue weighted by Crippen LogP contribution is 2.17. The Hall–Kier alpha value is -2.15. The van der Waals surface area contributed by atoms with Crippen LogP contribution < -0.4 is 0 Å². The van der Waals surface area contributed by atoms with Gasteiger partial charge in [0.15, 0.2) is 9.84 Å². The van der Waals surface area contributed by atoms with E-state index in [9.17, 15) is 18.3 Å². The zero-order chi connectivity index (χ0) is 14.9. The third-order valence-corrected chi connectivity index (χ3v) is 3.94. The lowest BCUT2D eigenvalue weighted by atomic mass is 10.1. The first-order valence-electron chi connectivity index (χ1n) is 5.82. The molecule has 0 aliphatic rings. The summed E-state index contributed by atoms with van der Waals surface area (Å²) in [5, 5.41) is 13.3. The molecule has 0 atom stereocenters.